The molecule has 3 nitrogen and oxygen atoms in total. The lowest BCUT2D eigenvalue weighted by molar-refractivity contribution is 0.101. The highest BCUT2D eigenvalue weighted by atomic mass is 16.1. The minimum absolute atomic E-state index is 0.0836. The lowest BCUT2D eigenvalue weighted by Crippen LogP contribution is -2.03. The fourth-order valence-electron chi connectivity index (χ4n) is 1.98. The van der Waals surface area contributed by atoms with Crippen molar-refractivity contribution >= 4 is 22.5 Å². The molecule has 1 aromatic carbocycles. The van der Waals surface area contributed by atoms with Crippen molar-refractivity contribution in [3.8, 4) is 0 Å². The Balaban J connectivity index is 2.07. The molecular formula is C14H14N2O. The molecule has 0 atom stereocenters. The number of fused-ring (bicyclic) bond motifs is 1. The van der Waals surface area contributed by atoms with Crippen molar-refractivity contribution in [2.45, 2.75) is 25.8 Å². The summed E-state index contributed by atoms with van der Waals surface area (Å²) < 4.78 is 0. The van der Waals surface area contributed by atoms with Crippen molar-refractivity contribution in [2.24, 2.45) is 0 Å². The zero-order chi connectivity index (χ0) is 11.8. The number of carbonyl (C=O) groups excluding carboxylic acids is 1. The Bertz CT molecular complexity index is 588. The van der Waals surface area contributed by atoms with Crippen molar-refractivity contribution in [3.63, 3.8) is 0 Å². The van der Waals surface area contributed by atoms with E-state index in [9.17, 15) is 4.79 Å². The van der Waals surface area contributed by atoms with Gasteiger partial charge < -0.3 is 5.32 Å². The molecule has 0 unspecified atom stereocenters. The van der Waals surface area contributed by atoms with E-state index in [2.05, 4.69) is 10.3 Å². The highest BCUT2D eigenvalue weighted by Gasteiger charge is 2.21. The summed E-state index contributed by atoms with van der Waals surface area (Å²) in [6.45, 7) is 1.59. The first-order chi connectivity index (χ1) is 8.24. The number of carbonyl (C=O) groups is 1. The number of Topliss-reactive ketones (excluding diaryl/α,β-unsaturated/α-hetero) is 1. The highest BCUT2D eigenvalue weighted by molar-refractivity contribution is 6.06. The maximum absolute atomic E-state index is 11.5. The fourth-order valence-corrected chi connectivity index (χ4v) is 1.98. The molecule has 17 heavy (non-hydrogen) atoms. The molecule has 0 bridgehead atoms. The molecule has 1 aliphatic rings. The smallest absolute Gasteiger partial charge is 0.160 e. The van der Waals surface area contributed by atoms with Crippen LogP contribution in [-0.4, -0.2) is 16.8 Å². The van der Waals surface area contributed by atoms with Crippen LogP contribution in [0.4, 0.5) is 5.82 Å². The number of ketones is 1. The molecule has 3 rings (SSSR count). The third-order valence-corrected chi connectivity index (χ3v) is 3.04. The van der Waals surface area contributed by atoms with Gasteiger partial charge >= 0.3 is 0 Å². The Morgan fingerprint density at radius 2 is 2.12 bits per heavy atom. The summed E-state index contributed by atoms with van der Waals surface area (Å²) in [6, 6.07) is 10.2. The van der Waals surface area contributed by atoms with Crippen molar-refractivity contribution in [1.82, 2.24) is 4.98 Å². The molecule has 0 radical (unpaired) electrons. The third kappa shape index (κ3) is 2.00. The number of nitrogens with one attached hydrogen (secondary N) is 1. The first-order valence-corrected chi connectivity index (χ1v) is 5.91. The molecular weight excluding hydrogens is 212 g/mol. The van der Waals surface area contributed by atoms with E-state index in [1.54, 1.807) is 6.92 Å². The van der Waals surface area contributed by atoms with Crippen LogP contribution >= 0.6 is 0 Å². The van der Waals surface area contributed by atoms with E-state index in [0.29, 0.717) is 6.04 Å². The van der Waals surface area contributed by atoms with E-state index in [1.807, 2.05) is 30.3 Å². The Labute approximate surface area is 99.9 Å². The van der Waals surface area contributed by atoms with Gasteiger partial charge in [0.05, 0.1) is 5.52 Å². The van der Waals surface area contributed by atoms with E-state index < -0.39 is 0 Å². The lowest BCUT2D eigenvalue weighted by Gasteiger charge is -2.07. The molecule has 0 saturated heterocycles. The SMILES string of the molecule is CC(=O)c1cccc2nc(NC3CC3)ccc12. The van der Waals surface area contributed by atoms with Crippen LogP contribution in [0.2, 0.25) is 0 Å². The van der Waals surface area contributed by atoms with Gasteiger partial charge in [-0.2, -0.15) is 0 Å². The molecule has 3 heteroatoms. The molecule has 1 aromatic heterocycles. The van der Waals surface area contributed by atoms with Gasteiger partial charge in [0.2, 0.25) is 0 Å². The van der Waals surface area contributed by atoms with Crippen LogP contribution in [0.3, 0.4) is 0 Å². The van der Waals surface area contributed by atoms with Gasteiger partial charge in [-0.05, 0) is 38.0 Å². The monoisotopic (exact) mass is 226 g/mol. The van der Waals surface area contributed by atoms with E-state index in [1.165, 1.54) is 12.8 Å². The van der Waals surface area contributed by atoms with E-state index in [-0.39, 0.29) is 5.78 Å². The summed E-state index contributed by atoms with van der Waals surface area (Å²) in [5.41, 5.74) is 1.62. The molecule has 0 spiro atoms. The van der Waals surface area contributed by atoms with Crippen LogP contribution in [-0.2, 0) is 0 Å². The van der Waals surface area contributed by atoms with Crippen molar-refractivity contribution in [1.29, 1.82) is 0 Å². The Morgan fingerprint density at radius 1 is 1.29 bits per heavy atom. The second-order valence-electron chi connectivity index (χ2n) is 4.54. The number of anilines is 1. The molecule has 1 heterocycles. The normalized spacial score (nSPS) is 14.9. The standard InChI is InChI=1S/C14H14N2O/c1-9(17)11-3-2-4-13-12(11)7-8-14(16-13)15-10-5-6-10/h2-4,7-8,10H,5-6H2,1H3,(H,15,16). The second kappa shape index (κ2) is 3.84. The minimum Gasteiger partial charge on any atom is -0.367 e. The van der Waals surface area contributed by atoms with Crippen LogP contribution in [0.5, 0.6) is 0 Å². The molecule has 86 valence electrons. The van der Waals surface area contributed by atoms with Gasteiger partial charge in [-0.1, -0.05) is 12.1 Å². The Kier molecular flexibility index (Phi) is 2.32. The summed E-state index contributed by atoms with van der Waals surface area (Å²) in [5, 5.41) is 4.29. The van der Waals surface area contributed by atoms with Gasteiger partial charge in [0.1, 0.15) is 5.82 Å². The fraction of sp³-hybridized carbons (Fsp3) is 0.286. The summed E-state index contributed by atoms with van der Waals surface area (Å²) in [5.74, 6) is 0.987. The maximum Gasteiger partial charge on any atom is 0.160 e. The van der Waals surface area contributed by atoms with Gasteiger partial charge in [-0.3, -0.25) is 4.79 Å². The van der Waals surface area contributed by atoms with E-state index in [0.717, 1.165) is 22.3 Å². The number of nitrogens with zero attached hydrogens (tertiary/aromatic N) is 1. The van der Waals surface area contributed by atoms with Gasteiger partial charge in [-0.15, -0.1) is 0 Å². The summed E-state index contributed by atoms with van der Waals surface area (Å²) >= 11 is 0. The second-order valence-corrected chi connectivity index (χ2v) is 4.54. The summed E-state index contributed by atoms with van der Waals surface area (Å²) in [6.07, 6.45) is 2.46. The van der Waals surface area contributed by atoms with E-state index >= 15 is 0 Å². The first kappa shape index (κ1) is 10.3. The number of hydrogen-bond donors (Lipinski definition) is 1. The number of pyridine rings is 1. The lowest BCUT2D eigenvalue weighted by atomic mass is 10.1. The number of benzene rings is 1. The quantitative estimate of drug-likeness (QED) is 0.818. The Hall–Kier alpha value is -1.90. The molecule has 1 N–H and O–H groups in total. The molecule has 1 aliphatic carbocycles. The minimum atomic E-state index is 0.0836. The van der Waals surface area contributed by atoms with Crippen molar-refractivity contribution in [2.75, 3.05) is 5.32 Å². The van der Waals surface area contributed by atoms with Gasteiger partial charge in [-0.25, -0.2) is 4.98 Å². The molecule has 1 fully saturated rings. The van der Waals surface area contributed by atoms with E-state index in [4.69, 9.17) is 0 Å². The zero-order valence-electron chi connectivity index (χ0n) is 9.73. The number of rotatable bonds is 3. The predicted molar refractivity (Wildman–Crippen MR) is 68.4 cm³/mol. The molecule has 1 saturated carbocycles. The average molecular weight is 226 g/mol. The van der Waals surface area contributed by atoms with Crippen molar-refractivity contribution in [3.05, 3.63) is 35.9 Å². The van der Waals surface area contributed by atoms with Gasteiger partial charge in [0.15, 0.2) is 5.78 Å². The molecule has 2 aromatic rings. The highest BCUT2D eigenvalue weighted by Crippen LogP contribution is 2.25. The average Bonchev–Trinajstić information content (AvgIpc) is 3.11. The summed E-state index contributed by atoms with van der Waals surface area (Å²) in [7, 11) is 0. The summed E-state index contributed by atoms with van der Waals surface area (Å²) in [4.78, 5) is 16.0. The van der Waals surface area contributed by atoms with Crippen LogP contribution < -0.4 is 5.32 Å². The largest absolute Gasteiger partial charge is 0.367 e. The number of aromatic nitrogens is 1. The van der Waals surface area contributed by atoms with Crippen molar-refractivity contribution < 1.29 is 4.79 Å². The Morgan fingerprint density at radius 3 is 2.82 bits per heavy atom. The predicted octanol–water partition coefficient (Wildman–Crippen LogP) is 3.01. The van der Waals surface area contributed by atoms with Crippen LogP contribution in [0.1, 0.15) is 30.1 Å². The zero-order valence-corrected chi connectivity index (χ0v) is 9.73. The topological polar surface area (TPSA) is 42.0 Å². The molecule has 0 aliphatic heterocycles. The number of hydrogen-bond acceptors (Lipinski definition) is 3. The van der Waals surface area contributed by atoms with Gasteiger partial charge in [0, 0.05) is 17.0 Å². The first-order valence-electron chi connectivity index (χ1n) is 5.91. The van der Waals surface area contributed by atoms with Crippen LogP contribution in [0, 0.1) is 0 Å². The maximum atomic E-state index is 11.5. The molecule has 0 amide bonds. The van der Waals surface area contributed by atoms with Gasteiger partial charge in [0.25, 0.3) is 0 Å². The van der Waals surface area contributed by atoms with Crippen LogP contribution in [0.15, 0.2) is 30.3 Å². The van der Waals surface area contributed by atoms with Crippen LogP contribution in [0.25, 0.3) is 10.9 Å². The third-order valence-electron chi connectivity index (χ3n) is 3.04.